The highest BCUT2D eigenvalue weighted by Crippen LogP contribution is 2.47. The van der Waals surface area contributed by atoms with E-state index in [1.54, 1.807) is 7.11 Å². The zero-order valence-electron chi connectivity index (χ0n) is 49.2. The normalized spacial score (nSPS) is 19.0. The molecular weight excluding hydrogens is 1090 g/mol. The summed E-state index contributed by atoms with van der Waals surface area (Å²) in [7, 11) is 1.66. The lowest BCUT2D eigenvalue weighted by molar-refractivity contribution is -0.442. The first-order chi connectivity index (χ1) is 39.5. The first kappa shape index (κ1) is 68.4. The molecule has 2 fully saturated rings. The van der Waals surface area contributed by atoms with Crippen LogP contribution in [-0.2, 0) is 67.8 Å². The van der Waals surface area contributed by atoms with E-state index in [9.17, 15) is 14.4 Å². The maximum Gasteiger partial charge on any atom is 0.315 e. The first-order valence-corrected chi connectivity index (χ1v) is 30.1. The third-order valence-electron chi connectivity index (χ3n) is 14.6. The number of rotatable bonds is 44. The summed E-state index contributed by atoms with van der Waals surface area (Å²) in [6.07, 6.45) is 14.4. The average Bonchev–Trinajstić information content (AvgIpc) is 4.34. The van der Waals surface area contributed by atoms with E-state index in [4.69, 9.17) is 47.4 Å². The van der Waals surface area contributed by atoms with Crippen molar-refractivity contribution in [1.29, 1.82) is 0 Å². The van der Waals surface area contributed by atoms with Gasteiger partial charge in [-0.3, -0.25) is 9.59 Å². The van der Waals surface area contributed by atoms with Gasteiger partial charge >= 0.3 is 6.03 Å². The predicted octanol–water partition coefficient (Wildman–Crippen LogP) is 3.01. The molecule has 19 nitrogen and oxygen atoms in total. The second-order valence-electron chi connectivity index (χ2n) is 21.1. The van der Waals surface area contributed by atoms with Crippen LogP contribution in [0.3, 0.4) is 0 Å². The first-order valence-electron chi connectivity index (χ1n) is 29.1. The van der Waals surface area contributed by atoms with E-state index >= 15 is 0 Å². The Morgan fingerprint density at radius 1 is 0.634 bits per heavy atom. The number of urea groups is 1. The number of thioether (sulfide) groups is 1. The summed E-state index contributed by atoms with van der Waals surface area (Å²) < 4.78 is 58.6. The minimum absolute atomic E-state index is 0. The van der Waals surface area contributed by atoms with Gasteiger partial charge in [-0.15, -0.1) is 0 Å². The highest BCUT2D eigenvalue weighted by molar-refractivity contribution is 8.00. The molecule has 0 aliphatic carbocycles. The third kappa shape index (κ3) is 22.5. The van der Waals surface area contributed by atoms with E-state index < -0.39 is 0 Å². The number of anilines is 1. The van der Waals surface area contributed by atoms with Crippen LogP contribution in [0.2, 0.25) is 0 Å². The molecule has 6 rings (SSSR count). The largest absolute Gasteiger partial charge is 1.00 e. The minimum Gasteiger partial charge on any atom is -1.00 e. The van der Waals surface area contributed by atoms with Gasteiger partial charge in [-0.05, 0) is 44.4 Å². The molecule has 4 aliphatic heterocycles. The van der Waals surface area contributed by atoms with E-state index in [1.165, 1.54) is 33.9 Å². The van der Waals surface area contributed by atoms with Crippen LogP contribution < -0.4 is 38.6 Å². The number of amides is 4. The van der Waals surface area contributed by atoms with E-state index in [1.807, 2.05) is 11.8 Å². The van der Waals surface area contributed by atoms with Crippen LogP contribution >= 0.6 is 11.8 Å². The summed E-state index contributed by atoms with van der Waals surface area (Å²) in [6.45, 7) is 20.3. The summed E-state index contributed by atoms with van der Waals surface area (Å²) >= 11 is 1.89. The van der Waals surface area contributed by atoms with Gasteiger partial charge in [0.2, 0.25) is 17.5 Å². The molecule has 0 unspecified atom stereocenters. The van der Waals surface area contributed by atoms with Crippen LogP contribution in [0.15, 0.2) is 84.6 Å². The number of carbonyl (C=O) groups excluding carboxylic acids is 3. The van der Waals surface area contributed by atoms with Gasteiger partial charge in [-0.25, -0.2) is 4.79 Å². The topological polar surface area (TPSA) is 198 Å². The van der Waals surface area contributed by atoms with Crippen molar-refractivity contribution < 1.29 is 78.7 Å². The van der Waals surface area contributed by atoms with Crippen molar-refractivity contribution in [1.82, 2.24) is 21.3 Å². The lowest BCUT2D eigenvalue weighted by Gasteiger charge is -2.27. The standard InChI is InChI=1S/C61H92N6O13S.ClH/c1-60(2)48-15-9-11-17-51(48)66(26-31-75-38-41-79-44-43-77-34-33-71-5)54(60)20-7-6-8-21-55-61(3,4)49-16-10-12-18-52(49)67(55)27-32-76-39-42-80-46-45-78-40-35-72-28-23-57(69)63-25-30-74-37-36-73-29-24-62-56(68)22-14-13-19-53-58-50(47-81-53)64-59(70)65-58;/h6-12,15-18,20-21,50,53,58H,13-14,19,22-47H2,1-5H3,(H3-,62,63,64,65,68,69,70);1H/t50-,53+,58-;/m1./s1. The Balaban J connectivity index is 0.0000123. The number of carbonyl (C=O) groups is 3. The Bertz CT molecular complexity index is 2340. The van der Waals surface area contributed by atoms with Crippen molar-refractivity contribution in [2.75, 3.05) is 169 Å². The number of allylic oxidation sites excluding steroid dienone is 6. The molecule has 0 radical (unpaired) electrons. The summed E-state index contributed by atoms with van der Waals surface area (Å²) in [5, 5.41) is 12.1. The number of methoxy groups -OCH3 is 1. The summed E-state index contributed by atoms with van der Waals surface area (Å²) in [4.78, 5) is 38.2. The quantitative estimate of drug-likeness (QED) is 0.0327. The van der Waals surface area contributed by atoms with E-state index in [0.717, 1.165) is 31.6 Å². The van der Waals surface area contributed by atoms with Crippen LogP contribution in [0.5, 0.6) is 0 Å². The van der Waals surface area contributed by atoms with Crippen molar-refractivity contribution in [2.24, 2.45) is 0 Å². The van der Waals surface area contributed by atoms with Crippen LogP contribution in [-0.4, -0.2) is 210 Å². The number of ether oxygens (including phenoxy) is 10. The van der Waals surface area contributed by atoms with Gasteiger partial charge in [0.05, 0.1) is 136 Å². The molecular formula is C61H93ClN6O13S. The monoisotopic (exact) mass is 1180 g/mol. The number of hydrogen-bond donors (Lipinski definition) is 4. The number of nitrogens with one attached hydrogen (secondary N) is 4. The van der Waals surface area contributed by atoms with Crippen LogP contribution in [0.4, 0.5) is 16.2 Å². The van der Waals surface area contributed by atoms with Crippen molar-refractivity contribution in [3.05, 3.63) is 95.7 Å². The Morgan fingerprint density at radius 3 is 1.83 bits per heavy atom. The zero-order valence-corrected chi connectivity index (χ0v) is 50.8. The molecule has 4 amide bonds. The number of halogens is 1. The Morgan fingerprint density at radius 2 is 1.18 bits per heavy atom. The molecule has 0 saturated carbocycles. The minimum atomic E-state index is -0.186. The van der Waals surface area contributed by atoms with Crippen LogP contribution in [0.25, 0.3) is 0 Å². The van der Waals surface area contributed by atoms with Gasteiger partial charge in [0.1, 0.15) is 6.61 Å². The second-order valence-corrected chi connectivity index (χ2v) is 22.4. The highest BCUT2D eigenvalue weighted by atomic mass is 35.5. The maximum atomic E-state index is 12.2. The number of fused-ring (bicyclic) bond motifs is 3. The van der Waals surface area contributed by atoms with Gasteiger partial charge in [0, 0.05) is 85.1 Å². The van der Waals surface area contributed by atoms with Gasteiger partial charge in [-0.1, -0.05) is 74.9 Å². The molecule has 4 heterocycles. The molecule has 2 saturated heterocycles. The molecule has 2 aromatic carbocycles. The highest BCUT2D eigenvalue weighted by Gasteiger charge is 2.45. The number of para-hydroxylation sites is 2. The van der Waals surface area contributed by atoms with E-state index in [-0.39, 0.29) is 59.6 Å². The van der Waals surface area contributed by atoms with Crippen molar-refractivity contribution in [3.63, 3.8) is 0 Å². The Hall–Kier alpha value is -4.42. The second kappa shape index (κ2) is 38.5. The summed E-state index contributed by atoms with van der Waals surface area (Å²) in [6, 6.07) is 17.6. The molecule has 4 N–H and O–H groups in total. The summed E-state index contributed by atoms with van der Waals surface area (Å²) in [5.41, 5.74) is 7.11. The van der Waals surface area contributed by atoms with Crippen LogP contribution in [0.1, 0.15) is 70.9 Å². The Kier molecular flexibility index (Phi) is 32.1. The number of benzene rings is 2. The van der Waals surface area contributed by atoms with Crippen molar-refractivity contribution in [2.45, 2.75) is 88.0 Å². The third-order valence-corrected chi connectivity index (χ3v) is 16.1. The maximum absolute atomic E-state index is 12.2. The fourth-order valence-electron chi connectivity index (χ4n) is 10.3. The van der Waals surface area contributed by atoms with Crippen molar-refractivity contribution in [3.8, 4) is 0 Å². The Labute approximate surface area is 497 Å². The van der Waals surface area contributed by atoms with Crippen LogP contribution in [0, 0.1) is 0 Å². The molecule has 3 atom stereocenters. The number of hydrogen-bond acceptors (Lipinski definition) is 15. The summed E-state index contributed by atoms with van der Waals surface area (Å²) in [5.74, 6) is 0.863. The lowest BCUT2D eigenvalue weighted by Crippen LogP contribution is -3.00. The molecule has 21 heteroatoms. The SMILES string of the molecule is COCCOCCOCCOCC[N+]1=C(/C=C/C=C/C=C2N(CCOCCOCCOCCOCCC(=O)NCCOCCOCCNC(=O)CCCC[C@@H]3SC[C@H]4NC(=O)N[C@@H]34)c3ccccc3C2(C)C)C(C)(C)c2ccccc21.[Cl-]. The van der Waals surface area contributed by atoms with Gasteiger partial charge < -0.3 is 85.9 Å². The smallest absolute Gasteiger partial charge is 0.315 e. The molecule has 458 valence electrons. The molecule has 82 heavy (non-hydrogen) atoms. The molecule has 0 bridgehead atoms. The zero-order chi connectivity index (χ0) is 57.4. The average molecular weight is 1190 g/mol. The van der Waals surface area contributed by atoms with Gasteiger partial charge in [0.25, 0.3) is 0 Å². The molecule has 2 aromatic rings. The molecule has 4 aliphatic rings. The van der Waals surface area contributed by atoms with E-state index in [2.05, 4.69) is 137 Å². The number of nitrogens with zero attached hydrogens (tertiary/aromatic N) is 2. The van der Waals surface area contributed by atoms with Gasteiger partial charge in [-0.2, -0.15) is 16.3 Å². The fraction of sp³-hybridized carbons (Fsp3) is 0.639. The number of unbranched alkanes of at least 4 members (excludes halogenated alkanes) is 1. The molecule has 0 aromatic heterocycles. The predicted molar refractivity (Wildman–Crippen MR) is 316 cm³/mol. The lowest BCUT2D eigenvalue weighted by atomic mass is 9.81. The molecule has 0 spiro atoms. The fourth-order valence-corrected chi connectivity index (χ4v) is 11.9. The van der Waals surface area contributed by atoms with Gasteiger partial charge in [0.15, 0.2) is 12.3 Å². The van der Waals surface area contributed by atoms with Crippen molar-refractivity contribution >= 4 is 46.7 Å². The van der Waals surface area contributed by atoms with E-state index in [0.29, 0.717) is 157 Å².